The molecule has 112 valence electrons. The van der Waals surface area contributed by atoms with E-state index in [0.29, 0.717) is 27.6 Å². The van der Waals surface area contributed by atoms with Gasteiger partial charge in [0.15, 0.2) is 18.1 Å². The molecule has 0 aliphatic carbocycles. The maximum atomic E-state index is 11.7. The quantitative estimate of drug-likeness (QED) is 0.873. The molecule has 0 aliphatic rings. The monoisotopic (exact) mass is 310 g/mol. The molecule has 0 atom stereocenters. The second-order valence-corrected chi connectivity index (χ2v) is 5.01. The minimum atomic E-state index is -0.521. The highest BCUT2D eigenvalue weighted by Gasteiger charge is 2.18. The summed E-state index contributed by atoms with van der Waals surface area (Å²) in [4.78, 5) is 26.8. The van der Waals surface area contributed by atoms with Crippen molar-refractivity contribution in [1.82, 2.24) is 14.8 Å². The third-order valence-corrected chi connectivity index (χ3v) is 3.53. The molecule has 0 unspecified atom stereocenters. The number of halogens is 1. The molecule has 8 heteroatoms. The number of hydrogen-bond donors (Lipinski definition) is 1. The van der Waals surface area contributed by atoms with Gasteiger partial charge in [-0.1, -0.05) is 11.6 Å². The minimum absolute atomic E-state index is 0.344. The van der Waals surface area contributed by atoms with E-state index < -0.39 is 11.9 Å². The van der Waals surface area contributed by atoms with E-state index in [1.54, 1.807) is 18.7 Å². The van der Waals surface area contributed by atoms with E-state index in [1.807, 2.05) is 6.92 Å². The molecule has 2 rings (SSSR count). The largest absolute Gasteiger partial charge is 0.456 e. The van der Waals surface area contributed by atoms with Crippen molar-refractivity contribution in [3.63, 3.8) is 0 Å². The van der Waals surface area contributed by atoms with Crippen LogP contribution in [0.25, 0.3) is 11.0 Å². The first-order valence-electron chi connectivity index (χ1n) is 6.24. The molecule has 21 heavy (non-hydrogen) atoms. The van der Waals surface area contributed by atoms with E-state index in [9.17, 15) is 9.59 Å². The van der Waals surface area contributed by atoms with E-state index in [1.165, 1.54) is 6.92 Å². The molecule has 0 fully saturated rings. The second kappa shape index (κ2) is 5.69. The normalized spacial score (nSPS) is 10.7. The number of carbonyl (C=O) groups is 2. The summed E-state index contributed by atoms with van der Waals surface area (Å²) in [5, 5.41) is 8.03. The van der Waals surface area contributed by atoms with Crippen molar-refractivity contribution < 1.29 is 14.3 Å². The molecule has 0 aromatic carbocycles. The van der Waals surface area contributed by atoms with Crippen molar-refractivity contribution in [2.75, 3.05) is 11.9 Å². The van der Waals surface area contributed by atoms with Gasteiger partial charge >= 0.3 is 5.97 Å². The molecule has 0 spiro atoms. The van der Waals surface area contributed by atoms with Crippen LogP contribution in [-0.4, -0.2) is 33.2 Å². The predicted molar refractivity (Wildman–Crippen MR) is 78.3 cm³/mol. The number of carbonyl (C=O) groups excluding carboxylic acids is 2. The molecule has 2 aromatic heterocycles. The molecule has 0 bridgehead atoms. The Morgan fingerprint density at radius 1 is 1.38 bits per heavy atom. The van der Waals surface area contributed by atoms with Crippen LogP contribution in [0.15, 0.2) is 0 Å². The van der Waals surface area contributed by atoms with Crippen molar-refractivity contribution in [2.45, 2.75) is 20.8 Å². The third-order valence-electron chi connectivity index (χ3n) is 2.98. The van der Waals surface area contributed by atoms with Crippen LogP contribution in [0, 0.1) is 13.8 Å². The van der Waals surface area contributed by atoms with Gasteiger partial charge in [0.2, 0.25) is 0 Å². The number of pyridine rings is 1. The average Bonchev–Trinajstić information content (AvgIpc) is 2.70. The van der Waals surface area contributed by atoms with E-state index in [-0.39, 0.29) is 6.61 Å². The first-order valence-corrected chi connectivity index (χ1v) is 6.61. The van der Waals surface area contributed by atoms with Crippen LogP contribution in [0.3, 0.4) is 0 Å². The smallest absolute Gasteiger partial charge is 0.303 e. The molecule has 0 radical (unpaired) electrons. The Kier molecular flexibility index (Phi) is 4.13. The molecule has 0 aliphatic heterocycles. The van der Waals surface area contributed by atoms with Gasteiger partial charge in [-0.2, -0.15) is 5.10 Å². The number of aromatic nitrogens is 3. The zero-order valence-electron chi connectivity index (χ0n) is 12.2. The van der Waals surface area contributed by atoms with Crippen LogP contribution in [0.4, 0.5) is 5.82 Å². The fourth-order valence-electron chi connectivity index (χ4n) is 2.00. The Balaban J connectivity index is 2.39. The maximum Gasteiger partial charge on any atom is 0.303 e. The van der Waals surface area contributed by atoms with Crippen LogP contribution < -0.4 is 5.32 Å². The number of nitrogens with zero attached hydrogens (tertiary/aromatic N) is 3. The maximum absolute atomic E-state index is 11.7. The predicted octanol–water partition coefficient (Wildman–Crippen LogP) is 1.74. The molecular weight excluding hydrogens is 296 g/mol. The number of esters is 1. The molecular formula is C13H15ClN4O3. The van der Waals surface area contributed by atoms with Crippen molar-refractivity contribution in [3.05, 3.63) is 16.3 Å². The number of ether oxygens (including phenoxy) is 1. The minimum Gasteiger partial charge on any atom is -0.456 e. The zero-order chi connectivity index (χ0) is 15.7. The fraction of sp³-hybridized carbons (Fsp3) is 0.385. The first kappa shape index (κ1) is 15.2. The Morgan fingerprint density at radius 3 is 2.67 bits per heavy atom. The van der Waals surface area contributed by atoms with Gasteiger partial charge in [0.05, 0.1) is 16.1 Å². The van der Waals surface area contributed by atoms with Crippen LogP contribution in [0.5, 0.6) is 0 Å². The van der Waals surface area contributed by atoms with E-state index in [4.69, 9.17) is 11.6 Å². The van der Waals surface area contributed by atoms with E-state index in [0.717, 1.165) is 5.56 Å². The number of aryl methyl sites for hydroxylation is 3. The molecule has 1 amide bonds. The summed E-state index contributed by atoms with van der Waals surface area (Å²) < 4.78 is 6.20. The van der Waals surface area contributed by atoms with Crippen LogP contribution in [0.1, 0.15) is 18.2 Å². The standard InChI is InChI=1S/C13H15ClN4O3/c1-6-10-12(16-9(20)5-21-8(3)19)17-18(4)13(10)15-7(2)11(6)14/h5H2,1-4H3,(H,16,17,20). The summed E-state index contributed by atoms with van der Waals surface area (Å²) in [6.07, 6.45) is 0. The highest BCUT2D eigenvalue weighted by atomic mass is 35.5. The number of rotatable bonds is 3. The lowest BCUT2D eigenvalue weighted by atomic mass is 10.1. The van der Waals surface area contributed by atoms with Crippen LogP contribution >= 0.6 is 11.6 Å². The Hall–Kier alpha value is -2.15. The van der Waals surface area contributed by atoms with Gasteiger partial charge < -0.3 is 10.1 Å². The Labute approximate surface area is 126 Å². The van der Waals surface area contributed by atoms with E-state index >= 15 is 0 Å². The Morgan fingerprint density at radius 2 is 2.05 bits per heavy atom. The Bertz CT molecular complexity index is 739. The van der Waals surface area contributed by atoms with Crippen molar-refractivity contribution in [3.8, 4) is 0 Å². The van der Waals surface area contributed by atoms with Gasteiger partial charge in [-0.15, -0.1) is 0 Å². The first-order chi connectivity index (χ1) is 9.81. The molecule has 2 heterocycles. The van der Waals surface area contributed by atoms with Gasteiger partial charge in [-0.05, 0) is 19.4 Å². The summed E-state index contributed by atoms with van der Waals surface area (Å²) in [5.74, 6) is -0.648. The number of fused-ring (bicyclic) bond motifs is 1. The topological polar surface area (TPSA) is 86.1 Å². The molecule has 0 saturated heterocycles. The van der Waals surface area contributed by atoms with E-state index in [2.05, 4.69) is 20.1 Å². The fourth-order valence-corrected chi connectivity index (χ4v) is 2.14. The zero-order valence-corrected chi connectivity index (χ0v) is 12.9. The van der Waals surface area contributed by atoms with Crippen LogP contribution in [-0.2, 0) is 21.4 Å². The summed E-state index contributed by atoms with van der Waals surface area (Å²) >= 11 is 6.20. The second-order valence-electron chi connectivity index (χ2n) is 4.64. The molecule has 0 saturated carbocycles. The summed E-state index contributed by atoms with van der Waals surface area (Å²) in [5.41, 5.74) is 2.11. The summed E-state index contributed by atoms with van der Waals surface area (Å²) in [6.45, 7) is 4.52. The van der Waals surface area contributed by atoms with Crippen molar-refractivity contribution >= 4 is 40.3 Å². The van der Waals surface area contributed by atoms with Crippen molar-refractivity contribution in [2.24, 2.45) is 7.05 Å². The molecule has 7 nitrogen and oxygen atoms in total. The van der Waals surface area contributed by atoms with Gasteiger partial charge in [0.1, 0.15) is 0 Å². The number of hydrogen-bond acceptors (Lipinski definition) is 5. The van der Waals surface area contributed by atoms with Gasteiger partial charge in [-0.25, -0.2) is 9.67 Å². The lowest BCUT2D eigenvalue weighted by Crippen LogP contribution is -2.20. The molecule has 2 aromatic rings. The lowest BCUT2D eigenvalue weighted by molar-refractivity contribution is -0.144. The SMILES string of the molecule is CC(=O)OCC(=O)Nc1nn(C)c2nc(C)c(Cl)c(C)c12. The lowest BCUT2D eigenvalue weighted by Gasteiger charge is -2.06. The highest BCUT2D eigenvalue weighted by molar-refractivity contribution is 6.33. The third kappa shape index (κ3) is 2.97. The number of amides is 1. The number of anilines is 1. The van der Waals surface area contributed by atoms with Gasteiger partial charge in [0.25, 0.3) is 5.91 Å². The van der Waals surface area contributed by atoms with Gasteiger partial charge in [0, 0.05) is 14.0 Å². The molecule has 1 N–H and O–H groups in total. The van der Waals surface area contributed by atoms with Crippen molar-refractivity contribution in [1.29, 1.82) is 0 Å². The number of nitrogens with one attached hydrogen (secondary N) is 1. The van der Waals surface area contributed by atoms with Gasteiger partial charge in [-0.3, -0.25) is 9.59 Å². The van der Waals surface area contributed by atoms with Crippen LogP contribution in [0.2, 0.25) is 5.02 Å². The highest BCUT2D eigenvalue weighted by Crippen LogP contribution is 2.31. The summed E-state index contributed by atoms with van der Waals surface area (Å²) in [7, 11) is 1.73. The average molecular weight is 311 g/mol. The summed E-state index contributed by atoms with van der Waals surface area (Å²) in [6, 6.07) is 0.